The molecule has 2 rings (SSSR count). The van der Waals surface area contributed by atoms with Gasteiger partial charge in [0.05, 0.1) is 16.5 Å². The van der Waals surface area contributed by atoms with Gasteiger partial charge in [0, 0.05) is 5.56 Å². The molecule has 0 saturated heterocycles. The highest BCUT2D eigenvalue weighted by Crippen LogP contribution is 2.43. The van der Waals surface area contributed by atoms with Crippen molar-refractivity contribution in [2.45, 2.75) is 11.1 Å². The molecule has 0 aliphatic heterocycles. The number of rotatable bonds is 4. The van der Waals surface area contributed by atoms with Crippen LogP contribution in [0.2, 0.25) is 0 Å². The van der Waals surface area contributed by atoms with Gasteiger partial charge in [-0.15, -0.1) is 23.1 Å². The second kappa shape index (κ2) is 6.12. The summed E-state index contributed by atoms with van der Waals surface area (Å²) in [7, 11) is 0. The van der Waals surface area contributed by atoms with Crippen molar-refractivity contribution in [2.24, 2.45) is 0 Å². The van der Waals surface area contributed by atoms with Crippen LogP contribution >= 0.6 is 23.1 Å². The fourth-order valence-corrected chi connectivity index (χ4v) is 3.68. The minimum absolute atomic E-state index is 0.345. The lowest BCUT2D eigenvalue weighted by Crippen LogP contribution is -2.05. The Balaban J connectivity index is 2.52. The van der Waals surface area contributed by atoms with Crippen LogP contribution in [0, 0.1) is 0 Å². The maximum absolute atomic E-state index is 11.9. The predicted octanol–water partition coefficient (Wildman–Crippen LogP) is 3.90. The molecule has 5 heteroatoms. The number of ether oxygens (including phenoxy) is 1. The number of nitrogens with two attached hydrogens (primary N) is 1. The molecule has 1 aromatic carbocycles. The summed E-state index contributed by atoms with van der Waals surface area (Å²) in [6, 6.07) is 9.86. The number of carbonyl (C=O) groups excluding carboxylic acids is 1. The maximum Gasteiger partial charge on any atom is 0.350 e. The van der Waals surface area contributed by atoms with Gasteiger partial charge >= 0.3 is 5.97 Å². The Morgan fingerprint density at radius 3 is 2.63 bits per heavy atom. The van der Waals surface area contributed by atoms with E-state index in [0.29, 0.717) is 17.2 Å². The molecule has 0 unspecified atom stereocenters. The number of hydrogen-bond donors (Lipinski definition) is 1. The molecule has 0 fully saturated rings. The summed E-state index contributed by atoms with van der Waals surface area (Å²) >= 11 is 2.98. The van der Waals surface area contributed by atoms with Crippen LogP contribution in [0.3, 0.4) is 0 Å². The molecule has 0 aliphatic carbocycles. The van der Waals surface area contributed by atoms with Gasteiger partial charge in [-0.2, -0.15) is 0 Å². The number of hydrogen-bond acceptors (Lipinski definition) is 5. The van der Waals surface area contributed by atoms with Gasteiger partial charge in [-0.25, -0.2) is 4.79 Å². The fourth-order valence-electron chi connectivity index (χ4n) is 1.79. The van der Waals surface area contributed by atoms with E-state index >= 15 is 0 Å². The van der Waals surface area contributed by atoms with Crippen molar-refractivity contribution >= 4 is 34.8 Å². The molecular weight excluding hydrogens is 278 g/mol. The molecular formula is C14H15NO2S2. The summed E-state index contributed by atoms with van der Waals surface area (Å²) in [5.41, 5.74) is 8.61. The molecule has 3 nitrogen and oxygen atoms in total. The van der Waals surface area contributed by atoms with Crippen molar-refractivity contribution in [3.05, 3.63) is 35.2 Å². The Morgan fingerprint density at radius 2 is 2.05 bits per heavy atom. The third kappa shape index (κ3) is 2.77. The molecule has 0 bridgehead atoms. The van der Waals surface area contributed by atoms with E-state index in [1.807, 2.05) is 36.6 Å². The van der Waals surface area contributed by atoms with Crippen molar-refractivity contribution in [3.8, 4) is 11.1 Å². The average molecular weight is 293 g/mol. The van der Waals surface area contributed by atoms with Crippen LogP contribution < -0.4 is 5.73 Å². The zero-order valence-corrected chi connectivity index (χ0v) is 12.4. The SMILES string of the molecule is CCOC(=O)c1sc(SC)c(-c2ccccc2)c1N. The van der Waals surface area contributed by atoms with Crippen molar-refractivity contribution in [1.29, 1.82) is 0 Å². The normalized spacial score (nSPS) is 10.4. The lowest BCUT2D eigenvalue weighted by Gasteiger charge is -2.04. The van der Waals surface area contributed by atoms with E-state index in [4.69, 9.17) is 10.5 Å². The molecule has 1 aromatic heterocycles. The molecule has 1 heterocycles. The summed E-state index contributed by atoms with van der Waals surface area (Å²) in [5.74, 6) is -0.345. The van der Waals surface area contributed by atoms with Gasteiger partial charge in [-0.1, -0.05) is 30.3 Å². The van der Waals surface area contributed by atoms with Crippen LogP contribution in [-0.4, -0.2) is 18.8 Å². The first kappa shape index (κ1) is 14.0. The second-order valence-corrected chi connectivity index (χ2v) is 5.89. The molecule has 2 N–H and O–H groups in total. The summed E-state index contributed by atoms with van der Waals surface area (Å²) in [6.45, 7) is 2.14. The highest BCUT2D eigenvalue weighted by molar-refractivity contribution is 8.00. The first-order valence-electron chi connectivity index (χ1n) is 5.87. The number of anilines is 1. The van der Waals surface area contributed by atoms with Crippen molar-refractivity contribution in [1.82, 2.24) is 0 Å². The van der Waals surface area contributed by atoms with Gasteiger partial charge in [0.1, 0.15) is 4.88 Å². The smallest absolute Gasteiger partial charge is 0.350 e. The molecule has 100 valence electrons. The van der Waals surface area contributed by atoms with E-state index < -0.39 is 0 Å². The first-order chi connectivity index (χ1) is 9.19. The van der Waals surface area contributed by atoms with Gasteiger partial charge in [0.15, 0.2) is 0 Å². The van der Waals surface area contributed by atoms with E-state index in [-0.39, 0.29) is 5.97 Å². The molecule has 0 radical (unpaired) electrons. The Hall–Kier alpha value is -1.46. The number of thioether (sulfide) groups is 1. The zero-order valence-electron chi connectivity index (χ0n) is 10.8. The zero-order chi connectivity index (χ0) is 13.8. The van der Waals surface area contributed by atoms with Crippen molar-refractivity contribution < 1.29 is 9.53 Å². The van der Waals surface area contributed by atoms with Gasteiger partial charge in [0.25, 0.3) is 0 Å². The van der Waals surface area contributed by atoms with E-state index in [1.165, 1.54) is 11.3 Å². The number of benzene rings is 1. The average Bonchev–Trinajstić information content (AvgIpc) is 2.77. The molecule has 0 spiro atoms. The summed E-state index contributed by atoms with van der Waals surface area (Å²) in [5, 5.41) is 0. The van der Waals surface area contributed by atoms with Gasteiger partial charge in [0.2, 0.25) is 0 Å². The molecule has 0 amide bonds. The molecule has 0 atom stereocenters. The minimum atomic E-state index is -0.345. The Kier molecular flexibility index (Phi) is 4.50. The van der Waals surface area contributed by atoms with Crippen LogP contribution in [-0.2, 0) is 4.74 Å². The summed E-state index contributed by atoms with van der Waals surface area (Å²) < 4.78 is 6.07. The number of esters is 1. The number of thiophene rings is 1. The topological polar surface area (TPSA) is 52.3 Å². The number of nitrogen functional groups attached to an aromatic ring is 1. The van der Waals surface area contributed by atoms with Crippen LogP contribution in [0.5, 0.6) is 0 Å². The highest BCUT2D eigenvalue weighted by atomic mass is 32.2. The summed E-state index contributed by atoms with van der Waals surface area (Å²) in [6.07, 6.45) is 1.98. The van der Waals surface area contributed by atoms with Crippen molar-refractivity contribution in [2.75, 3.05) is 18.6 Å². The summed E-state index contributed by atoms with van der Waals surface area (Å²) in [4.78, 5) is 12.4. The molecule has 2 aromatic rings. The van der Waals surface area contributed by atoms with Gasteiger partial charge < -0.3 is 10.5 Å². The van der Waals surface area contributed by atoms with Crippen LogP contribution in [0.1, 0.15) is 16.6 Å². The fraction of sp³-hybridized carbons (Fsp3) is 0.214. The third-order valence-electron chi connectivity index (χ3n) is 2.62. The standard InChI is InChI=1S/C14H15NO2S2/c1-3-17-13(16)12-11(15)10(14(18-2)19-12)9-7-5-4-6-8-9/h4-8H,3,15H2,1-2H3. The Bertz CT molecular complexity index is 579. The van der Waals surface area contributed by atoms with E-state index in [0.717, 1.165) is 15.3 Å². The first-order valence-corrected chi connectivity index (χ1v) is 7.92. The van der Waals surface area contributed by atoms with E-state index in [1.54, 1.807) is 18.7 Å². The lowest BCUT2D eigenvalue weighted by atomic mass is 10.1. The largest absolute Gasteiger partial charge is 0.462 e. The lowest BCUT2D eigenvalue weighted by molar-refractivity contribution is 0.0533. The highest BCUT2D eigenvalue weighted by Gasteiger charge is 2.22. The predicted molar refractivity (Wildman–Crippen MR) is 81.9 cm³/mol. The molecule has 0 saturated carbocycles. The second-order valence-electron chi connectivity index (χ2n) is 3.80. The quantitative estimate of drug-likeness (QED) is 0.686. The van der Waals surface area contributed by atoms with Crippen molar-refractivity contribution in [3.63, 3.8) is 0 Å². The van der Waals surface area contributed by atoms with Crippen LogP contribution in [0.25, 0.3) is 11.1 Å². The Labute approximate surface area is 120 Å². The van der Waals surface area contributed by atoms with Gasteiger partial charge in [-0.3, -0.25) is 0 Å². The van der Waals surface area contributed by atoms with Crippen LogP contribution in [0.4, 0.5) is 5.69 Å². The Morgan fingerprint density at radius 1 is 1.37 bits per heavy atom. The number of carbonyl (C=O) groups is 1. The minimum Gasteiger partial charge on any atom is -0.462 e. The van der Waals surface area contributed by atoms with Crippen LogP contribution in [0.15, 0.2) is 34.5 Å². The maximum atomic E-state index is 11.9. The van der Waals surface area contributed by atoms with Gasteiger partial charge in [-0.05, 0) is 18.7 Å². The van der Waals surface area contributed by atoms with E-state index in [9.17, 15) is 4.79 Å². The molecule has 0 aliphatic rings. The molecule has 19 heavy (non-hydrogen) atoms. The van der Waals surface area contributed by atoms with E-state index in [2.05, 4.69) is 0 Å². The third-order valence-corrected chi connectivity index (χ3v) is 4.93. The monoisotopic (exact) mass is 293 g/mol.